The summed E-state index contributed by atoms with van der Waals surface area (Å²) in [5.74, 6) is 0. The van der Waals surface area contributed by atoms with E-state index in [9.17, 15) is 0 Å². The molecule has 0 saturated carbocycles. The van der Waals surface area contributed by atoms with Gasteiger partial charge in [-0.1, -0.05) is 250 Å². The Bertz CT molecular complexity index is 4750. The molecule has 0 fully saturated rings. The molecule has 5 heteroatoms. The maximum absolute atomic E-state index is 7.29. The lowest BCUT2D eigenvalue weighted by Gasteiger charge is -2.42. The second kappa shape index (κ2) is 18.5. The zero-order chi connectivity index (χ0) is 53.9. The van der Waals surface area contributed by atoms with Crippen LogP contribution in [0.5, 0.6) is 0 Å². The van der Waals surface area contributed by atoms with Crippen LogP contribution in [0.2, 0.25) is 0 Å². The van der Waals surface area contributed by atoms with Gasteiger partial charge in [-0.15, -0.1) is 0 Å². The number of hydrogen-bond acceptors (Lipinski definition) is 3. The van der Waals surface area contributed by atoms with E-state index < -0.39 is 0 Å². The van der Waals surface area contributed by atoms with Crippen molar-refractivity contribution in [2.45, 2.75) is 36.0 Å². The minimum absolute atomic E-state index is 0.00770. The smallest absolute Gasteiger partial charge is 0.249 e. The van der Waals surface area contributed by atoms with Gasteiger partial charge >= 0.3 is 0 Å². The van der Waals surface area contributed by atoms with E-state index >= 15 is 0 Å². The Morgan fingerprint density at radius 1 is 0.395 bits per heavy atom. The maximum Gasteiger partial charge on any atom is 0.249 e. The lowest BCUT2D eigenvalue weighted by molar-refractivity contribution is 0.590. The van der Waals surface area contributed by atoms with Crippen LogP contribution < -0.4 is 21.3 Å². The molecule has 0 N–H and O–H groups in total. The number of para-hydroxylation sites is 3. The minimum atomic E-state index is -0.187. The Balaban J connectivity index is 1.08. The fourth-order valence-electron chi connectivity index (χ4n) is 13.2. The van der Waals surface area contributed by atoms with Crippen molar-refractivity contribution in [3.8, 4) is 61.3 Å². The molecular weight excluding hydrogens is 1000 g/mol. The monoisotopic (exact) mass is 1050 g/mol. The summed E-state index contributed by atoms with van der Waals surface area (Å²) < 4.78 is 9.79. The summed E-state index contributed by atoms with van der Waals surface area (Å²) in [4.78, 5) is 5.11. The molecular formula is C76H53BN2OS. The predicted molar refractivity (Wildman–Crippen MR) is 344 cm³/mol. The number of hydrogen-bond donors (Lipinski definition) is 0. The van der Waals surface area contributed by atoms with Crippen LogP contribution in [-0.4, -0.2) is 11.3 Å². The molecule has 0 amide bonds. The molecule has 16 rings (SSSR count). The van der Waals surface area contributed by atoms with E-state index in [4.69, 9.17) is 4.42 Å². The Morgan fingerprint density at radius 3 is 1.56 bits per heavy atom. The Morgan fingerprint density at radius 2 is 0.938 bits per heavy atom. The van der Waals surface area contributed by atoms with Gasteiger partial charge in [0.15, 0.2) is 5.58 Å². The second-order valence-corrected chi connectivity index (χ2v) is 23.8. The van der Waals surface area contributed by atoms with Crippen molar-refractivity contribution >= 4 is 95.7 Å². The molecule has 14 aromatic rings. The van der Waals surface area contributed by atoms with Crippen molar-refractivity contribution < 1.29 is 4.42 Å². The first-order valence-electron chi connectivity index (χ1n) is 28.1. The summed E-state index contributed by atoms with van der Waals surface area (Å²) in [6.45, 7) is 6.69. The van der Waals surface area contributed by atoms with Crippen LogP contribution in [0.15, 0.2) is 281 Å². The summed E-state index contributed by atoms with van der Waals surface area (Å²) >= 11 is 1.92. The van der Waals surface area contributed by atoms with Crippen molar-refractivity contribution in [2.75, 3.05) is 4.90 Å². The molecule has 0 saturated heterocycles. The highest BCUT2D eigenvalue weighted by Crippen LogP contribution is 2.53. The average molecular weight is 1050 g/mol. The molecule has 12 aromatic carbocycles. The van der Waals surface area contributed by atoms with E-state index in [1.807, 2.05) is 11.8 Å². The van der Waals surface area contributed by atoms with Gasteiger partial charge in [0.2, 0.25) is 6.71 Å². The van der Waals surface area contributed by atoms with Crippen LogP contribution in [0.3, 0.4) is 0 Å². The molecule has 0 radical (unpaired) electrons. The SMILES string of the molecule is CC(C)(C)c1ccc(-c2cc3c4c(c2)N(c2c(-c5ccccc5)ccc5c2oc2ccccc25)c2cc(-c5ccccc5)c(-c5ccccc5)cc2B4c2cc(-n4c5ccccc5c5ccccc54)cc(-c4ccccc4)c2S3)cc1. The van der Waals surface area contributed by atoms with Crippen LogP contribution in [0.1, 0.15) is 26.3 Å². The van der Waals surface area contributed by atoms with E-state index in [-0.39, 0.29) is 12.1 Å². The summed E-state index contributed by atoms with van der Waals surface area (Å²) in [5.41, 5.74) is 25.2. The normalized spacial score (nSPS) is 12.8. The largest absolute Gasteiger partial charge is 0.454 e. The third-order valence-corrected chi connectivity index (χ3v) is 18.2. The van der Waals surface area contributed by atoms with Gasteiger partial charge in [-0.2, -0.15) is 0 Å². The highest BCUT2D eigenvalue weighted by molar-refractivity contribution is 8.00. The lowest BCUT2D eigenvalue weighted by atomic mass is 9.34. The van der Waals surface area contributed by atoms with Gasteiger partial charge in [0.1, 0.15) is 5.58 Å². The van der Waals surface area contributed by atoms with Crippen molar-refractivity contribution in [3.05, 3.63) is 272 Å². The molecule has 2 aliphatic rings. The minimum Gasteiger partial charge on any atom is -0.454 e. The van der Waals surface area contributed by atoms with Gasteiger partial charge in [-0.05, 0) is 127 Å². The third kappa shape index (κ3) is 7.60. The Kier molecular flexibility index (Phi) is 10.9. The van der Waals surface area contributed by atoms with E-state index in [0.29, 0.717) is 0 Å². The van der Waals surface area contributed by atoms with Gasteiger partial charge in [-0.3, -0.25) is 0 Å². The molecule has 2 aliphatic heterocycles. The van der Waals surface area contributed by atoms with E-state index in [1.54, 1.807) is 0 Å². The zero-order valence-electron chi connectivity index (χ0n) is 45.2. The van der Waals surface area contributed by atoms with Gasteiger partial charge < -0.3 is 13.9 Å². The van der Waals surface area contributed by atoms with Crippen molar-refractivity contribution in [2.24, 2.45) is 0 Å². The number of benzene rings is 12. The summed E-state index contributed by atoms with van der Waals surface area (Å²) in [6.07, 6.45) is 0. The predicted octanol–water partition coefficient (Wildman–Crippen LogP) is 19.1. The molecule has 0 aliphatic carbocycles. The molecule has 382 valence electrons. The van der Waals surface area contributed by atoms with Crippen LogP contribution in [-0.2, 0) is 5.41 Å². The topological polar surface area (TPSA) is 21.3 Å². The zero-order valence-corrected chi connectivity index (χ0v) is 46.0. The molecule has 81 heavy (non-hydrogen) atoms. The molecule has 0 atom stereocenters. The average Bonchev–Trinajstić information content (AvgIpc) is 4.01. The standard InChI is InChI=1S/C76H53BN2OS/c1-76(2,3)54-38-36-48(37-39-54)53-42-69-72-71(43-53)81-75-63(52-28-14-7-15-29-52)44-55(78-66-33-19-16-30-57(66)58-31-17-20-34-67(58)78)45-65(75)77(72)64-46-61(50-24-10-5-11-25-50)62(51-26-12-6-13-27-51)47-68(64)79(69)73-56(49-22-8-4-9-23-49)40-41-60-59-32-18-21-35-70(59)80-74(60)73/h4-47H,1-3H3. The van der Waals surface area contributed by atoms with Crippen molar-refractivity contribution in [3.63, 3.8) is 0 Å². The first-order valence-corrected chi connectivity index (χ1v) is 28.9. The van der Waals surface area contributed by atoms with E-state index in [0.717, 1.165) is 72.5 Å². The number of furan rings is 1. The summed E-state index contributed by atoms with van der Waals surface area (Å²) in [6, 6.07) is 99.2. The van der Waals surface area contributed by atoms with Crippen molar-refractivity contribution in [1.82, 2.24) is 4.57 Å². The first kappa shape index (κ1) is 47.5. The van der Waals surface area contributed by atoms with E-state index in [1.165, 1.54) is 81.4 Å². The first-order chi connectivity index (χ1) is 39.8. The molecule has 0 bridgehead atoms. The number of rotatable bonds is 7. The highest BCUT2D eigenvalue weighted by atomic mass is 32.2. The fraction of sp³-hybridized carbons (Fsp3) is 0.0526. The molecule has 3 nitrogen and oxygen atoms in total. The lowest BCUT2D eigenvalue weighted by Crippen LogP contribution is -2.60. The van der Waals surface area contributed by atoms with Crippen molar-refractivity contribution in [1.29, 1.82) is 0 Å². The second-order valence-electron chi connectivity index (χ2n) is 22.7. The van der Waals surface area contributed by atoms with Crippen LogP contribution in [0, 0.1) is 0 Å². The van der Waals surface area contributed by atoms with Crippen LogP contribution in [0.4, 0.5) is 17.1 Å². The van der Waals surface area contributed by atoms with Crippen LogP contribution >= 0.6 is 11.8 Å². The molecule has 4 heterocycles. The van der Waals surface area contributed by atoms with Gasteiger partial charge in [0.25, 0.3) is 0 Å². The van der Waals surface area contributed by atoms with Gasteiger partial charge in [0, 0.05) is 54.0 Å². The Hall–Kier alpha value is -9.55. The number of fused-ring (bicyclic) bond motifs is 10. The molecule has 0 spiro atoms. The fourth-order valence-corrected chi connectivity index (χ4v) is 14.5. The molecule has 0 unspecified atom stereocenters. The third-order valence-electron chi connectivity index (χ3n) is 17.0. The van der Waals surface area contributed by atoms with Gasteiger partial charge in [0.05, 0.1) is 16.7 Å². The number of aromatic nitrogens is 1. The quantitative estimate of drug-likeness (QED) is 0.148. The highest BCUT2D eigenvalue weighted by Gasteiger charge is 2.44. The Labute approximate surface area is 476 Å². The van der Waals surface area contributed by atoms with E-state index in [2.05, 4.69) is 297 Å². The van der Waals surface area contributed by atoms with Gasteiger partial charge in [-0.25, -0.2) is 0 Å². The number of nitrogens with zero attached hydrogens (tertiary/aromatic N) is 2. The molecule has 2 aromatic heterocycles. The summed E-state index contributed by atoms with van der Waals surface area (Å²) in [5, 5.41) is 4.66. The van der Waals surface area contributed by atoms with Crippen LogP contribution in [0.25, 0.3) is 105 Å². The maximum atomic E-state index is 7.29. The summed E-state index contributed by atoms with van der Waals surface area (Å²) in [7, 11) is 0. The number of anilines is 3.